The summed E-state index contributed by atoms with van der Waals surface area (Å²) >= 11 is 0. The fraction of sp³-hybridized carbons (Fsp3) is 0.444. The summed E-state index contributed by atoms with van der Waals surface area (Å²) in [7, 11) is 3.44. The highest BCUT2D eigenvalue weighted by Crippen LogP contribution is 2.29. The van der Waals surface area contributed by atoms with Gasteiger partial charge in [-0.25, -0.2) is 0 Å². The summed E-state index contributed by atoms with van der Waals surface area (Å²) in [6.45, 7) is 4.79. The molecule has 7 nitrogen and oxygen atoms in total. The molecule has 1 saturated heterocycles. The number of aromatic nitrogens is 2. The van der Waals surface area contributed by atoms with E-state index in [2.05, 4.69) is 10.4 Å². The number of carbonyl (C=O) groups excluding carboxylic acids is 1. The van der Waals surface area contributed by atoms with Gasteiger partial charge in [-0.15, -0.1) is 0 Å². The number of carbonyl (C=O) groups is 1. The zero-order valence-corrected chi connectivity index (χ0v) is 14.9. The summed E-state index contributed by atoms with van der Waals surface area (Å²) in [6.07, 6.45) is 3.66. The first-order chi connectivity index (χ1) is 12.1. The van der Waals surface area contributed by atoms with Crippen LogP contribution in [-0.4, -0.2) is 53.4 Å². The highest BCUT2D eigenvalue weighted by atomic mass is 16.5. The summed E-state index contributed by atoms with van der Waals surface area (Å²) in [6, 6.07) is 5.50. The smallest absolute Gasteiger partial charge is 0.254 e. The number of piperazine rings is 1. The number of nitrogens with one attached hydrogen (secondary N) is 1. The Kier molecular flexibility index (Phi) is 5.23. The zero-order chi connectivity index (χ0) is 17.8. The van der Waals surface area contributed by atoms with Gasteiger partial charge < -0.3 is 19.7 Å². The van der Waals surface area contributed by atoms with Crippen molar-refractivity contribution in [2.45, 2.75) is 19.6 Å². The Morgan fingerprint density at radius 3 is 2.92 bits per heavy atom. The van der Waals surface area contributed by atoms with E-state index in [9.17, 15) is 4.79 Å². The maximum absolute atomic E-state index is 12.8. The van der Waals surface area contributed by atoms with Crippen LogP contribution in [0.2, 0.25) is 0 Å². The number of rotatable bonds is 5. The number of nitrogens with zero attached hydrogens (tertiary/aromatic N) is 3. The van der Waals surface area contributed by atoms with Gasteiger partial charge in [-0.3, -0.25) is 9.48 Å². The SMILES string of the molecule is COc1cc(C(=O)N2CCNC[C@@H]2C)ccc1OCc1cnn(C)c1. The predicted molar refractivity (Wildman–Crippen MR) is 93.9 cm³/mol. The third kappa shape index (κ3) is 3.93. The minimum Gasteiger partial charge on any atom is -0.493 e. The third-order valence-corrected chi connectivity index (χ3v) is 4.33. The fourth-order valence-electron chi connectivity index (χ4n) is 2.94. The van der Waals surface area contributed by atoms with E-state index in [1.807, 2.05) is 25.1 Å². The van der Waals surface area contributed by atoms with Crippen molar-refractivity contribution >= 4 is 5.91 Å². The van der Waals surface area contributed by atoms with Crippen molar-refractivity contribution < 1.29 is 14.3 Å². The number of benzene rings is 1. The van der Waals surface area contributed by atoms with Crippen molar-refractivity contribution in [1.29, 1.82) is 0 Å². The Balaban J connectivity index is 1.73. The van der Waals surface area contributed by atoms with Gasteiger partial charge in [-0.1, -0.05) is 0 Å². The molecule has 134 valence electrons. The standard InChI is InChI=1S/C18H24N4O3/c1-13-9-19-6-7-22(13)18(23)15-4-5-16(17(8-15)24-3)25-12-14-10-20-21(2)11-14/h4-5,8,10-11,13,19H,6-7,9,12H2,1-3H3/t13-/m0/s1. The molecule has 1 aliphatic heterocycles. The molecule has 0 unspecified atom stereocenters. The summed E-state index contributed by atoms with van der Waals surface area (Å²) in [5.74, 6) is 1.18. The van der Waals surface area contributed by atoms with E-state index in [4.69, 9.17) is 9.47 Å². The van der Waals surface area contributed by atoms with Crippen LogP contribution >= 0.6 is 0 Å². The van der Waals surface area contributed by atoms with Gasteiger partial charge in [0.15, 0.2) is 11.5 Å². The van der Waals surface area contributed by atoms with Crippen LogP contribution in [0.15, 0.2) is 30.6 Å². The molecule has 1 atom stereocenters. The van der Waals surface area contributed by atoms with E-state index >= 15 is 0 Å². The lowest BCUT2D eigenvalue weighted by Crippen LogP contribution is -2.52. The Labute approximate surface area is 147 Å². The monoisotopic (exact) mass is 344 g/mol. The van der Waals surface area contributed by atoms with Gasteiger partial charge in [0, 0.05) is 50.0 Å². The lowest BCUT2D eigenvalue weighted by Gasteiger charge is -2.34. The average molecular weight is 344 g/mol. The Morgan fingerprint density at radius 2 is 2.24 bits per heavy atom. The molecular formula is C18H24N4O3. The molecule has 1 aliphatic rings. The van der Waals surface area contributed by atoms with Crippen LogP contribution in [0.4, 0.5) is 0 Å². The highest BCUT2D eigenvalue weighted by Gasteiger charge is 2.24. The molecule has 0 bridgehead atoms. The minimum atomic E-state index is 0.0195. The van der Waals surface area contributed by atoms with Gasteiger partial charge >= 0.3 is 0 Å². The second kappa shape index (κ2) is 7.57. The molecule has 1 fully saturated rings. The first kappa shape index (κ1) is 17.3. The molecule has 0 radical (unpaired) electrons. The molecule has 25 heavy (non-hydrogen) atoms. The molecule has 2 aromatic rings. The maximum atomic E-state index is 12.8. The topological polar surface area (TPSA) is 68.6 Å². The molecule has 2 heterocycles. The van der Waals surface area contributed by atoms with E-state index in [1.54, 1.807) is 36.2 Å². The van der Waals surface area contributed by atoms with E-state index < -0.39 is 0 Å². The molecule has 0 aliphatic carbocycles. The first-order valence-electron chi connectivity index (χ1n) is 8.38. The first-order valence-corrected chi connectivity index (χ1v) is 8.38. The van der Waals surface area contributed by atoms with Crippen molar-refractivity contribution in [1.82, 2.24) is 20.0 Å². The van der Waals surface area contributed by atoms with Crippen LogP contribution in [0.5, 0.6) is 11.5 Å². The van der Waals surface area contributed by atoms with Gasteiger partial charge in [0.05, 0.1) is 13.3 Å². The second-order valence-electron chi connectivity index (χ2n) is 6.23. The van der Waals surface area contributed by atoms with Crippen molar-refractivity contribution in [2.24, 2.45) is 7.05 Å². The lowest BCUT2D eigenvalue weighted by molar-refractivity contribution is 0.0655. The summed E-state index contributed by atoms with van der Waals surface area (Å²) in [5, 5.41) is 7.41. The largest absolute Gasteiger partial charge is 0.493 e. The average Bonchev–Trinajstić information content (AvgIpc) is 3.05. The Morgan fingerprint density at radius 1 is 1.40 bits per heavy atom. The molecule has 3 rings (SSSR count). The number of hydrogen-bond acceptors (Lipinski definition) is 5. The number of hydrogen-bond donors (Lipinski definition) is 1. The number of ether oxygens (including phenoxy) is 2. The van der Waals surface area contributed by atoms with Crippen molar-refractivity contribution in [3.63, 3.8) is 0 Å². The number of aryl methyl sites for hydroxylation is 1. The van der Waals surface area contributed by atoms with E-state index in [1.165, 1.54) is 0 Å². The van der Waals surface area contributed by atoms with Gasteiger partial charge in [0.1, 0.15) is 6.61 Å². The lowest BCUT2D eigenvalue weighted by atomic mass is 10.1. The fourth-order valence-corrected chi connectivity index (χ4v) is 2.94. The molecule has 1 aromatic carbocycles. The molecule has 1 aromatic heterocycles. The van der Waals surface area contributed by atoms with Gasteiger partial charge in [0.25, 0.3) is 5.91 Å². The Hall–Kier alpha value is -2.54. The highest BCUT2D eigenvalue weighted by molar-refractivity contribution is 5.95. The summed E-state index contributed by atoms with van der Waals surface area (Å²) in [5.41, 5.74) is 1.58. The third-order valence-electron chi connectivity index (χ3n) is 4.33. The van der Waals surface area contributed by atoms with Crippen LogP contribution in [0.1, 0.15) is 22.8 Å². The van der Waals surface area contributed by atoms with Crippen molar-refractivity contribution in [3.05, 3.63) is 41.7 Å². The van der Waals surface area contributed by atoms with E-state index in [-0.39, 0.29) is 11.9 Å². The number of methoxy groups -OCH3 is 1. The van der Waals surface area contributed by atoms with E-state index in [0.29, 0.717) is 30.2 Å². The molecule has 7 heteroatoms. The Bertz CT molecular complexity index is 744. The minimum absolute atomic E-state index is 0.0195. The van der Waals surface area contributed by atoms with Crippen LogP contribution in [0, 0.1) is 0 Å². The van der Waals surface area contributed by atoms with Gasteiger partial charge in [-0.05, 0) is 25.1 Å². The molecule has 0 spiro atoms. The summed E-state index contributed by atoms with van der Waals surface area (Å²) < 4.78 is 13.0. The zero-order valence-electron chi connectivity index (χ0n) is 14.9. The van der Waals surface area contributed by atoms with Gasteiger partial charge in [0.2, 0.25) is 0 Å². The molecule has 0 saturated carbocycles. The van der Waals surface area contributed by atoms with Crippen LogP contribution in [0.3, 0.4) is 0 Å². The normalized spacial score (nSPS) is 17.4. The quantitative estimate of drug-likeness (QED) is 0.889. The van der Waals surface area contributed by atoms with E-state index in [0.717, 1.165) is 18.7 Å². The predicted octanol–water partition coefficient (Wildman–Crippen LogP) is 1.44. The molecular weight excluding hydrogens is 320 g/mol. The van der Waals surface area contributed by atoms with Crippen molar-refractivity contribution in [2.75, 3.05) is 26.7 Å². The van der Waals surface area contributed by atoms with Crippen molar-refractivity contribution in [3.8, 4) is 11.5 Å². The van der Waals surface area contributed by atoms with Gasteiger partial charge in [-0.2, -0.15) is 5.10 Å². The van der Waals surface area contributed by atoms with Crippen LogP contribution in [-0.2, 0) is 13.7 Å². The molecule has 1 N–H and O–H groups in total. The summed E-state index contributed by atoms with van der Waals surface area (Å²) in [4.78, 5) is 14.7. The number of amides is 1. The van der Waals surface area contributed by atoms with Crippen LogP contribution < -0.4 is 14.8 Å². The maximum Gasteiger partial charge on any atom is 0.254 e. The molecule has 1 amide bonds. The van der Waals surface area contributed by atoms with Crippen LogP contribution in [0.25, 0.3) is 0 Å². The second-order valence-corrected chi connectivity index (χ2v) is 6.23.